The van der Waals surface area contributed by atoms with Gasteiger partial charge < -0.3 is 10.2 Å². The zero-order chi connectivity index (χ0) is 7.11. The molecule has 0 saturated heterocycles. The molecule has 3 heteroatoms. The van der Waals surface area contributed by atoms with Gasteiger partial charge in [0.1, 0.15) is 7.28 Å². The summed E-state index contributed by atoms with van der Waals surface area (Å²) in [6.07, 6.45) is 2.48. The Labute approximate surface area is 57.1 Å². The molecule has 2 N–H and O–H groups in total. The van der Waals surface area contributed by atoms with E-state index < -0.39 is 0 Å². The van der Waals surface area contributed by atoms with Crippen molar-refractivity contribution in [1.29, 1.82) is 0 Å². The van der Waals surface area contributed by atoms with Gasteiger partial charge in [-0.3, -0.25) is 0 Å². The van der Waals surface area contributed by atoms with Crippen molar-refractivity contribution >= 4 is 7.28 Å². The van der Waals surface area contributed by atoms with Crippen LogP contribution >= 0.6 is 0 Å². The largest absolute Gasteiger partial charge is 0.402 e. The number of aliphatic hydroxyl groups excluding tert-OH is 2. The summed E-state index contributed by atoms with van der Waals surface area (Å²) in [6, 6.07) is -0.281. The second-order valence-electron chi connectivity index (χ2n) is 2.12. The van der Waals surface area contributed by atoms with Crippen molar-refractivity contribution in [1.82, 2.24) is 0 Å². The number of hydrogen-bond acceptors (Lipinski definition) is 2. The van der Waals surface area contributed by atoms with E-state index in [2.05, 4.69) is 0 Å². The van der Waals surface area contributed by atoms with Crippen molar-refractivity contribution in [2.24, 2.45) is 0 Å². The highest BCUT2D eigenvalue weighted by atomic mass is 16.3. The van der Waals surface area contributed by atoms with Crippen LogP contribution in [0.5, 0.6) is 0 Å². The van der Waals surface area contributed by atoms with Gasteiger partial charge >= 0.3 is 0 Å². The van der Waals surface area contributed by atoms with Crippen molar-refractivity contribution < 1.29 is 10.2 Å². The Kier molecular flexibility index (Phi) is 6.10. The molecule has 0 aromatic rings. The Morgan fingerprint density at radius 3 is 2.56 bits per heavy atom. The molecule has 0 aromatic heterocycles. The second-order valence-corrected chi connectivity index (χ2v) is 2.12. The normalized spacial score (nSPS) is 13.2. The van der Waals surface area contributed by atoms with Crippen LogP contribution in [0.3, 0.4) is 0 Å². The summed E-state index contributed by atoms with van der Waals surface area (Å²) < 4.78 is 0. The molecule has 0 amide bonds. The number of aliphatic hydroxyl groups is 2. The minimum Gasteiger partial charge on any atom is -0.402 e. The summed E-state index contributed by atoms with van der Waals surface area (Å²) in [5.74, 6) is 0. The van der Waals surface area contributed by atoms with Crippen LogP contribution in [0.25, 0.3) is 0 Å². The number of unbranched alkanes of at least 4 members (excludes halogenated alkanes) is 1. The van der Waals surface area contributed by atoms with E-state index in [4.69, 9.17) is 10.2 Å². The van der Waals surface area contributed by atoms with Crippen LogP contribution in [-0.4, -0.2) is 30.1 Å². The van der Waals surface area contributed by atoms with E-state index in [9.17, 15) is 0 Å². The Morgan fingerprint density at radius 2 is 2.11 bits per heavy atom. The van der Waals surface area contributed by atoms with Gasteiger partial charge in [-0.15, -0.1) is 0 Å². The molecule has 0 saturated carbocycles. The Bertz CT molecular complexity index is 59.0. The van der Waals surface area contributed by atoms with E-state index in [-0.39, 0.29) is 12.6 Å². The first-order valence-corrected chi connectivity index (χ1v) is 3.39. The Morgan fingerprint density at radius 1 is 1.44 bits per heavy atom. The highest BCUT2D eigenvalue weighted by molar-refractivity contribution is 6.35. The molecule has 1 unspecified atom stereocenters. The molecule has 0 rings (SSSR count). The summed E-state index contributed by atoms with van der Waals surface area (Å²) in [5, 5.41) is 17.3. The SMILES string of the molecule is C[B]C(O)CCCCO. The fourth-order valence-corrected chi connectivity index (χ4v) is 0.632. The van der Waals surface area contributed by atoms with Gasteiger partial charge in [0, 0.05) is 12.6 Å². The number of hydrogen-bond donors (Lipinski definition) is 2. The van der Waals surface area contributed by atoms with E-state index in [1.807, 2.05) is 6.82 Å². The molecule has 0 spiro atoms. The average Bonchev–Trinajstić information content (AvgIpc) is 1.89. The molecule has 2 nitrogen and oxygen atoms in total. The standard InChI is InChI=1S/C6H14BO2/c1-7-6(9)4-2-3-5-8/h6,8-9H,2-5H2,1H3. The maximum atomic E-state index is 8.95. The minimum atomic E-state index is -0.281. The summed E-state index contributed by atoms with van der Waals surface area (Å²) >= 11 is 0. The monoisotopic (exact) mass is 129 g/mol. The van der Waals surface area contributed by atoms with Gasteiger partial charge in [-0.1, -0.05) is 6.82 Å². The molecule has 0 aromatic carbocycles. The molecule has 0 aliphatic carbocycles. The maximum Gasteiger partial charge on any atom is 0.145 e. The third kappa shape index (κ3) is 5.86. The first-order valence-electron chi connectivity index (χ1n) is 3.39. The smallest absolute Gasteiger partial charge is 0.145 e. The zero-order valence-electron chi connectivity index (χ0n) is 5.88. The predicted molar refractivity (Wildman–Crippen MR) is 38.6 cm³/mol. The Hall–Kier alpha value is -0.0151. The van der Waals surface area contributed by atoms with E-state index in [0.29, 0.717) is 0 Å². The van der Waals surface area contributed by atoms with Crippen LogP contribution in [-0.2, 0) is 0 Å². The molecular formula is C6H14BO2. The molecule has 1 atom stereocenters. The lowest BCUT2D eigenvalue weighted by Crippen LogP contribution is -2.12. The van der Waals surface area contributed by atoms with Gasteiger partial charge in [-0.05, 0) is 19.3 Å². The van der Waals surface area contributed by atoms with Crippen molar-refractivity contribution in [2.75, 3.05) is 6.61 Å². The van der Waals surface area contributed by atoms with Crippen LogP contribution in [0.1, 0.15) is 19.3 Å². The summed E-state index contributed by atoms with van der Waals surface area (Å²) in [6.45, 7) is 2.07. The van der Waals surface area contributed by atoms with Crippen molar-refractivity contribution in [2.45, 2.75) is 32.1 Å². The summed E-state index contributed by atoms with van der Waals surface area (Å²) in [4.78, 5) is 0. The van der Waals surface area contributed by atoms with E-state index in [1.165, 1.54) is 0 Å². The van der Waals surface area contributed by atoms with Crippen LogP contribution in [0.2, 0.25) is 6.82 Å². The average molecular weight is 129 g/mol. The molecule has 0 heterocycles. The van der Waals surface area contributed by atoms with Gasteiger partial charge in [-0.2, -0.15) is 0 Å². The van der Waals surface area contributed by atoms with Crippen LogP contribution < -0.4 is 0 Å². The fourth-order valence-electron chi connectivity index (χ4n) is 0.632. The molecule has 53 valence electrons. The zero-order valence-corrected chi connectivity index (χ0v) is 5.88. The highest BCUT2D eigenvalue weighted by Crippen LogP contribution is 1.98. The third-order valence-electron chi connectivity index (χ3n) is 1.29. The van der Waals surface area contributed by atoms with Crippen LogP contribution in [0.15, 0.2) is 0 Å². The molecule has 0 aliphatic heterocycles. The topological polar surface area (TPSA) is 40.5 Å². The second kappa shape index (κ2) is 6.11. The van der Waals surface area contributed by atoms with Gasteiger partial charge in [0.25, 0.3) is 0 Å². The first-order chi connectivity index (χ1) is 4.31. The molecule has 0 bridgehead atoms. The van der Waals surface area contributed by atoms with Crippen LogP contribution in [0, 0.1) is 0 Å². The van der Waals surface area contributed by atoms with Gasteiger partial charge in [0.2, 0.25) is 0 Å². The third-order valence-corrected chi connectivity index (χ3v) is 1.29. The Balaban J connectivity index is 2.88. The van der Waals surface area contributed by atoms with Gasteiger partial charge in [0.15, 0.2) is 0 Å². The molecule has 0 fully saturated rings. The summed E-state index contributed by atoms with van der Waals surface area (Å²) in [7, 11) is 1.76. The number of rotatable bonds is 5. The van der Waals surface area contributed by atoms with E-state index >= 15 is 0 Å². The summed E-state index contributed by atoms with van der Waals surface area (Å²) in [5.41, 5.74) is 0. The lowest BCUT2D eigenvalue weighted by atomic mass is 9.73. The van der Waals surface area contributed by atoms with Crippen molar-refractivity contribution in [3.05, 3.63) is 0 Å². The molecular weight excluding hydrogens is 115 g/mol. The lowest BCUT2D eigenvalue weighted by molar-refractivity contribution is 0.225. The van der Waals surface area contributed by atoms with Crippen molar-refractivity contribution in [3.8, 4) is 0 Å². The van der Waals surface area contributed by atoms with E-state index in [1.54, 1.807) is 7.28 Å². The molecule has 0 aliphatic rings. The van der Waals surface area contributed by atoms with Crippen molar-refractivity contribution in [3.63, 3.8) is 0 Å². The molecule has 9 heavy (non-hydrogen) atoms. The highest BCUT2D eigenvalue weighted by Gasteiger charge is 1.99. The maximum absolute atomic E-state index is 8.95. The lowest BCUT2D eigenvalue weighted by Gasteiger charge is -2.03. The van der Waals surface area contributed by atoms with E-state index in [0.717, 1.165) is 19.3 Å². The van der Waals surface area contributed by atoms with Gasteiger partial charge in [-0.25, -0.2) is 0 Å². The van der Waals surface area contributed by atoms with Crippen LogP contribution in [0.4, 0.5) is 0 Å². The fraction of sp³-hybridized carbons (Fsp3) is 1.00. The quantitative estimate of drug-likeness (QED) is 0.411. The minimum absolute atomic E-state index is 0.233. The predicted octanol–water partition coefficient (Wildman–Crippen LogP) is 0.220. The molecule has 1 radical (unpaired) electrons. The first kappa shape index (κ1) is 8.98. The van der Waals surface area contributed by atoms with Gasteiger partial charge in [0.05, 0.1) is 0 Å².